The Morgan fingerprint density at radius 3 is 3.36 bits per heavy atom. The van der Waals surface area contributed by atoms with Gasteiger partial charge in [-0.1, -0.05) is 23.8 Å². The number of aldehydes is 1. The van der Waals surface area contributed by atoms with Gasteiger partial charge in [0, 0.05) is 18.5 Å². The number of rotatable bonds is 3. The molecule has 2 heteroatoms. The van der Waals surface area contributed by atoms with E-state index in [9.17, 15) is 4.79 Å². The van der Waals surface area contributed by atoms with Crippen molar-refractivity contribution in [1.82, 2.24) is 5.32 Å². The number of hydrogen-bond donors (Lipinski definition) is 1. The number of carbonyl (C=O) groups is 1. The molecule has 0 aromatic heterocycles. The topological polar surface area (TPSA) is 39.0 Å². The average molecular weight is 149 g/mol. The van der Waals surface area contributed by atoms with Crippen LogP contribution in [-0.2, 0) is 4.79 Å². The van der Waals surface area contributed by atoms with E-state index in [1.165, 1.54) is 5.57 Å². The molecular weight excluding hydrogens is 138 g/mol. The van der Waals surface area contributed by atoms with Gasteiger partial charge in [0.2, 0.25) is 0 Å². The maximum absolute atomic E-state index is 10.1. The summed E-state index contributed by atoms with van der Waals surface area (Å²) in [4.78, 5) is 10.1. The smallest absolute Gasteiger partial charge is 0.120 e. The lowest BCUT2D eigenvalue weighted by molar-refractivity contribution is -0.107. The van der Waals surface area contributed by atoms with Crippen molar-refractivity contribution in [2.75, 3.05) is 0 Å². The minimum Gasteiger partial charge on any atom is -0.303 e. The van der Waals surface area contributed by atoms with Gasteiger partial charge >= 0.3 is 0 Å². The van der Waals surface area contributed by atoms with Crippen LogP contribution in [0.25, 0.3) is 0 Å². The summed E-state index contributed by atoms with van der Waals surface area (Å²) >= 11 is 0. The van der Waals surface area contributed by atoms with Crippen LogP contribution in [0, 0.1) is 0 Å². The summed E-state index contributed by atoms with van der Waals surface area (Å²) in [5.41, 5.74) is 1.38. The van der Waals surface area contributed by atoms with Crippen LogP contribution in [0.2, 0.25) is 0 Å². The highest BCUT2D eigenvalue weighted by atomic mass is 16.1. The van der Waals surface area contributed by atoms with Crippen molar-refractivity contribution in [3.63, 3.8) is 0 Å². The van der Waals surface area contributed by atoms with Crippen molar-refractivity contribution < 1.29 is 4.79 Å². The molecule has 2 unspecified atom stereocenters. The third kappa shape index (κ3) is 1.26. The van der Waals surface area contributed by atoms with Crippen molar-refractivity contribution in [2.24, 2.45) is 0 Å². The zero-order valence-corrected chi connectivity index (χ0v) is 6.29. The monoisotopic (exact) mass is 149 g/mol. The second kappa shape index (κ2) is 2.62. The summed E-state index contributed by atoms with van der Waals surface area (Å²) in [6.45, 7) is 0. The number of nitrogens with one attached hydrogen (secondary N) is 1. The second-order valence-electron chi connectivity index (χ2n) is 3.00. The van der Waals surface area contributed by atoms with Gasteiger partial charge < -0.3 is 10.1 Å². The molecule has 0 saturated carbocycles. The van der Waals surface area contributed by atoms with Gasteiger partial charge in [-0.3, -0.25) is 0 Å². The van der Waals surface area contributed by atoms with Gasteiger partial charge in [-0.15, -0.1) is 0 Å². The van der Waals surface area contributed by atoms with E-state index in [1.54, 1.807) is 0 Å². The highest BCUT2D eigenvalue weighted by molar-refractivity contribution is 5.51. The van der Waals surface area contributed by atoms with Gasteiger partial charge in [0.1, 0.15) is 6.29 Å². The van der Waals surface area contributed by atoms with Crippen LogP contribution >= 0.6 is 0 Å². The van der Waals surface area contributed by atoms with Gasteiger partial charge in [0.25, 0.3) is 0 Å². The third-order valence-electron chi connectivity index (χ3n) is 2.20. The predicted octanol–water partition coefficient (Wildman–Crippen LogP) is 0.802. The van der Waals surface area contributed by atoms with Gasteiger partial charge in [-0.25, -0.2) is 0 Å². The maximum Gasteiger partial charge on any atom is 0.120 e. The van der Waals surface area contributed by atoms with Crippen molar-refractivity contribution in [2.45, 2.75) is 24.9 Å². The molecule has 11 heavy (non-hydrogen) atoms. The summed E-state index contributed by atoms with van der Waals surface area (Å²) in [5, 5.41) is 3.32. The Morgan fingerprint density at radius 1 is 1.64 bits per heavy atom. The number of fused-ring (bicyclic) bond motifs is 1. The van der Waals surface area contributed by atoms with Gasteiger partial charge in [0.05, 0.1) is 0 Å². The molecule has 1 aliphatic carbocycles. The Balaban J connectivity index is 1.96. The molecule has 1 saturated heterocycles. The first-order chi connectivity index (χ1) is 5.42. The first-order valence-electron chi connectivity index (χ1n) is 3.99. The molecule has 1 fully saturated rings. The SMILES string of the molecule is O=CCCC1=CC=CC2NC12. The zero-order chi connectivity index (χ0) is 7.68. The summed E-state index contributed by atoms with van der Waals surface area (Å²) in [7, 11) is 0. The van der Waals surface area contributed by atoms with E-state index >= 15 is 0 Å². The molecule has 1 heterocycles. The van der Waals surface area contributed by atoms with E-state index in [1.807, 2.05) is 0 Å². The largest absolute Gasteiger partial charge is 0.303 e. The lowest BCUT2D eigenvalue weighted by Gasteiger charge is -2.03. The molecule has 58 valence electrons. The van der Waals surface area contributed by atoms with Crippen LogP contribution in [0.15, 0.2) is 23.8 Å². The van der Waals surface area contributed by atoms with Gasteiger partial charge in [-0.05, 0) is 6.42 Å². The Labute approximate surface area is 66.0 Å². The van der Waals surface area contributed by atoms with Gasteiger partial charge in [0.15, 0.2) is 0 Å². The molecule has 0 bridgehead atoms. The average Bonchev–Trinajstić information content (AvgIpc) is 2.79. The van der Waals surface area contributed by atoms with Crippen LogP contribution in [0.5, 0.6) is 0 Å². The number of carbonyl (C=O) groups excluding carboxylic acids is 1. The fourth-order valence-corrected chi connectivity index (χ4v) is 1.52. The molecule has 0 aromatic carbocycles. The second-order valence-corrected chi connectivity index (χ2v) is 3.00. The maximum atomic E-state index is 10.1. The molecule has 0 amide bonds. The first kappa shape index (κ1) is 6.80. The third-order valence-corrected chi connectivity index (χ3v) is 2.20. The van der Waals surface area contributed by atoms with Crippen LogP contribution in [0.4, 0.5) is 0 Å². The Morgan fingerprint density at radius 2 is 2.55 bits per heavy atom. The molecule has 2 aliphatic rings. The fourth-order valence-electron chi connectivity index (χ4n) is 1.52. The molecule has 1 aliphatic heterocycles. The quantitative estimate of drug-likeness (QED) is 0.476. The molecule has 0 spiro atoms. The van der Waals surface area contributed by atoms with E-state index in [2.05, 4.69) is 23.5 Å². The standard InChI is InChI=1S/C9H11NO/c11-6-2-4-7-3-1-5-8-9(7)10-8/h1,3,5-6,8-10H,2,4H2. The lowest BCUT2D eigenvalue weighted by atomic mass is 10.0. The Hall–Kier alpha value is -0.890. The summed E-state index contributed by atoms with van der Waals surface area (Å²) in [6, 6.07) is 1.13. The van der Waals surface area contributed by atoms with Crippen LogP contribution < -0.4 is 5.32 Å². The van der Waals surface area contributed by atoms with E-state index in [-0.39, 0.29) is 0 Å². The van der Waals surface area contributed by atoms with Crippen molar-refractivity contribution in [3.05, 3.63) is 23.8 Å². The molecule has 1 N–H and O–H groups in total. The lowest BCUT2D eigenvalue weighted by Crippen LogP contribution is -2.00. The van der Waals surface area contributed by atoms with Crippen LogP contribution in [0.1, 0.15) is 12.8 Å². The Bertz CT molecular complexity index is 230. The van der Waals surface area contributed by atoms with Crippen LogP contribution in [-0.4, -0.2) is 18.4 Å². The normalized spacial score (nSPS) is 32.5. The van der Waals surface area contributed by atoms with Crippen molar-refractivity contribution >= 4 is 6.29 Å². The minimum atomic E-state index is 0.556. The summed E-state index contributed by atoms with van der Waals surface area (Å²) < 4.78 is 0. The molecule has 0 radical (unpaired) electrons. The molecule has 2 atom stereocenters. The van der Waals surface area contributed by atoms with Gasteiger partial charge in [-0.2, -0.15) is 0 Å². The summed E-state index contributed by atoms with van der Waals surface area (Å²) in [6.07, 6.45) is 8.91. The molecule has 2 nitrogen and oxygen atoms in total. The molecule has 2 rings (SSSR count). The predicted molar refractivity (Wildman–Crippen MR) is 43.2 cm³/mol. The first-order valence-corrected chi connectivity index (χ1v) is 3.99. The van der Waals surface area contributed by atoms with Crippen molar-refractivity contribution in [1.29, 1.82) is 0 Å². The van der Waals surface area contributed by atoms with E-state index < -0.39 is 0 Å². The number of allylic oxidation sites excluding steroid dienone is 2. The van der Waals surface area contributed by atoms with E-state index in [4.69, 9.17) is 0 Å². The summed E-state index contributed by atoms with van der Waals surface area (Å²) in [5.74, 6) is 0. The Kier molecular flexibility index (Phi) is 1.62. The van der Waals surface area contributed by atoms with Crippen molar-refractivity contribution in [3.8, 4) is 0 Å². The molecule has 0 aromatic rings. The van der Waals surface area contributed by atoms with E-state index in [0.29, 0.717) is 18.5 Å². The fraction of sp³-hybridized carbons (Fsp3) is 0.444. The molecular formula is C9H11NO. The zero-order valence-electron chi connectivity index (χ0n) is 6.29. The highest BCUT2D eigenvalue weighted by Gasteiger charge is 2.37. The highest BCUT2D eigenvalue weighted by Crippen LogP contribution is 2.27. The van der Waals surface area contributed by atoms with Crippen LogP contribution in [0.3, 0.4) is 0 Å². The van der Waals surface area contributed by atoms with E-state index in [0.717, 1.165) is 12.7 Å². The number of hydrogen-bond acceptors (Lipinski definition) is 2. The minimum absolute atomic E-state index is 0.556.